The molecule has 23 heavy (non-hydrogen) atoms. The standard InChI is InChI=1S/C15H17NO6S/c17-14(18)12-6-11-7-16(8-13(11)23(12,20)21)15(19)22-9-10-4-2-1-3-5-10/h1-5,11-13H,6-9H2,(H,17,18)/t11-,12?,13+/m0/s1. The van der Waals surface area contributed by atoms with Crippen LogP contribution in [0, 0.1) is 5.92 Å². The number of carboxylic acids is 1. The predicted molar refractivity (Wildman–Crippen MR) is 80.4 cm³/mol. The number of carbonyl (C=O) groups excluding carboxylic acids is 1. The molecule has 1 N–H and O–H groups in total. The molecule has 1 amide bonds. The lowest BCUT2D eigenvalue weighted by Crippen LogP contribution is -2.36. The lowest BCUT2D eigenvalue weighted by Gasteiger charge is -2.18. The summed E-state index contributed by atoms with van der Waals surface area (Å²) in [6.45, 7) is 0.349. The van der Waals surface area contributed by atoms with E-state index in [1.165, 1.54) is 4.90 Å². The van der Waals surface area contributed by atoms with Crippen molar-refractivity contribution >= 4 is 21.9 Å². The van der Waals surface area contributed by atoms with Crippen molar-refractivity contribution in [1.82, 2.24) is 4.90 Å². The van der Waals surface area contributed by atoms with Crippen LogP contribution < -0.4 is 0 Å². The van der Waals surface area contributed by atoms with Gasteiger partial charge in [-0.05, 0) is 17.9 Å². The van der Waals surface area contributed by atoms with Gasteiger partial charge in [0, 0.05) is 13.1 Å². The zero-order valence-electron chi connectivity index (χ0n) is 12.3. The topological polar surface area (TPSA) is 101 Å². The van der Waals surface area contributed by atoms with Crippen LogP contribution in [-0.2, 0) is 26.0 Å². The summed E-state index contributed by atoms with van der Waals surface area (Å²) in [4.78, 5) is 24.5. The summed E-state index contributed by atoms with van der Waals surface area (Å²) in [5.74, 6) is -1.64. The zero-order valence-corrected chi connectivity index (χ0v) is 13.1. The first-order valence-electron chi connectivity index (χ1n) is 7.30. The molecule has 3 atom stereocenters. The van der Waals surface area contributed by atoms with Crippen molar-refractivity contribution in [2.24, 2.45) is 5.92 Å². The summed E-state index contributed by atoms with van der Waals surface area (Å²) in [6.07, 6.45) is -0.504. The molecule has 2 aliphatic rings. The number of fused-ring (bicyclic) bond motifs is 1. The van der Waals surface area contributed by atoms with Crippen molar-refractivity contribution in [2.45, 2.75) is 23.5 Å². The number of carboxylic acid groups (broad SMARTS) is 1. The number of amides is 1. The molecule has 1 aromatic carbocycles. The van der Waals surface area contributed by atoms with Crippen LogP contribution in [-0.4, -0.2) is 54.1 Å². The van der Waals surface area contributed by atoms with E-state index in [2.05, 4.69) is 0 Å². The van der Waals surface area contributed by atoms with Gasteiger partial charge in [-0.3, -0.25) is 4.79 Å². The third-order valence-electron chi connectivity index (χ3n) is 4.46. The minimum atomic E-state index is -3.75. The molecule has 0 aliphatic carbocycles. The Kier molecular flexibility index (Phi) is 4.01. The summed E-state index contributed by atoms with van der Waals surface area (Å²) in [5, 5.41) is 6.86. The summed E-state index contributed by atoms with van der Waals surface area (Å²) >= 11 is 0. The molecule has 2 aliphatic heterocycles. The highest BCUT2D eigenvalue weighted by atomic mass is 32.2. The number of benzene rings is 1. The summed E-state index contributed by atoms with van der Waals surface area (Å²) < 4.78 is 29.6. The lowest BCUT2D eigenvalue weighted by molar-refractivity contribution is -0.136. The van der Waals surface area contributed by atoms with E-state index in [0.717, 1.165) is 5.56 Å². The van der Waals surface area contributed by atoms with Gasteiger partial charge in [0.2, 0.25) is 0 Å². The Labute approximate surface area is 133 Å². The minimum Gasteiger partial charge on any atom is -0.480 e. The fraction of sp³-hybridized carbons (Fsp3) is 0.467. The molecule has 2 fully saturated rings. The highest BCUT2D eigenvalue weighted by Gasteiger charge is 2.55. The van der Waals surface area contributed by atoms with Crippen LogP contribution >= 0.6 is 0 Å². The van der Waals surface area contributed by atoms with Crippen LogP contribution in [0.5, 0.6) is 0 Å². The van der Waals surface area contributed by atoms with Crippen LogP contribution in [0.25, 0.3) is 0 Å². The Morgan fingerprint density at radius 3 is 2.52 bits per heavy atom. The number of nitrogens with zero attached hydrogens (tertiary/aromatic N) is 1. The average molecular weight is 339 g/mol. The first kappa shape index (κ1) is 15.8. The zero-order chi connectivity index (χ0) is 16.6. The van der Waals surface area contributed by atoms with Gasteiger partial charge in [-0.2, -0.15) is 0 Å². The molecular formula is C15H17NO6S. The monoisotopic (exact) mass is 339 g/mol. The van der Waals surface area contributed by atoms with Gasteiger partial charge in [0.1, 0.15) is 6.61 Å². The number of hydrogen-bond acceptors (Lipinski definition) is 5. The first-order chi connectivity index (χ1) is 10.9. The summed E-state index contributed by atoms with van der Waals surface area (Å²) in [7, 11) is -3.75. The van der Waals surface area contributed by atoms with Crippen LogP contribution in [0.2, 0.25) is 0 Å². The number of sulfone groups is 1. The highest BCUT2D eigenvalue weighted by Crippen LogP contribution is 2.38. The van der Waals surface area contributed by atoms with E-state index in [9.17, 15) is 18.0 Å². The third kappa shape index (κ3) is 2.90. The maximum absolute atomic E-state index is 12.2. The predicted octanol–water partition coefficient (Wildman–Crippen LogP) is 0.895. The Bertz CT molecular complexity index is 717. The SMILES string of the molecule is O=C(O)C1C[C@H]2CN(C(=O)OCc3ccccc3)C[C@H]2S1(=O)=O. The number of hydrogen-bond donors (Lipinski definition) is 1. The first-order valence-corrected chi connectivity index (χ1v) is 8.91. The molecule has 1 unspecified atom stereocenters. The number of aliphatic carboxylic acids is 1. The Hall–Kier alpha value is -2.09. The number of likely N-dealkylation sites (tertiary alicyclic amines) is 1. The molecule has 7 nitrogen and oxygen atoms in total. The number of rotatable bonds is 3. The highest BCUT2D eigenvalue weighted by molar-refractivity contribution is 7.93. The molecule has 0 radical (unpaired) electrons. The summed E-state index contributed by atoms with van der Waals surface area (Å²) in [6, 6.07) is 9.18. The van der Waals surface area contributed by atoms with Crippen molar-refractivity contribution in [3.05, 3.63) is 35.9 Å². The second kappa shape index (κ2) is 5.84. The van der Waals surface area contributed by atoms with E-state index in [-0.39, 0.29) is 32.0 Å². The molecular weight excluding hydrogens is 322 g/mol. The fourth-order valence-corrected chi connectivity index (χ4v) is 5.60. The van der Waals surface area contributed by atoms with E-state index in [4.69, 9.17) is 9.84 Å². The van der Waals surface area contributed by atoms with Gasteiger partial charge < -0.3 is 14.7 Å². The normalized spacial score (nSPS) is 28.3. The molecule has 1 aromatic rings. The van der Waals surface area contributed by atoms with Crippen LogP contribution in [0.15, 0.2) is 30.3 Å². The molecule has 0 aromatic heterocycles. The Morgan fingerprint density at radius 2 is 1.91 bits per heavy atom. The lowest BCUT2D eigenvalue weighted by atomic mass is 10.0. The van der Waals surface area contributed by atoms with Crippen molar-refractivity contribution in [1.29, 1.82) is 0 Å². The van der Waals surface area contributed by atoms with Gasteiger partial charge in [-0.15, -0.1) is 0 Å². The van der Waals surface area contributed by atoms with Crippen molar-refractivity contribution in [2.75, 3.05) is 13.1 Å². The van der Waals surface area contributed by atoms with Crippen LogP contribution in [0.4, 0.5) is 4.79 Å². The number of ether oxygens (including phenoxy) is 1. The Balaban J connectivity index is 1.61. The van der Waals surface area contributed by atoms with E-state index in [1.54, 1.807) is 0 Å². The van der Waals surface area contributed by atoms with Gasteiger partial charge in [-0.1, -0.05) is 30.3 Å². The van der Waals surface area contributed by atoms with Crippen molar-refractivity contribution < 1.29 is 27.9 Å². The van der Waals surface area contributed by atoms with Crippen molar-refractivity contribution in [3.8, 4) is 0 Å². The minimum absolute atomic E-state index is 0.00437. The van der Waals surface area contributed by atoms with E-state index < -0.39 is 32.4 Å². The molecule has 0 bridgehead atoms. The molecule has 8 heteroatoms. The maximum Gasteiger partial charge on any atom is 0.410 e. The third-order valence-corrected chi connectivity index (χ3v) is 7.02. The molecule has 0 spiro atoms. The summed E-state index contributed by atoms with van der Waals surface area (Å²) in [5.41, 5.74) is 0.846. The Morgan fingerprint density at radius 1 is 1.22 bits per heavy atom. The second-order valence-corrected chi connectivity index (χ2v) is 8.25. The largest absolute Gasteiger partial charge is 0.480 e. The molecule has 0 saturated carbocycles. The maximum atomic E-state index is 12.2. The fourth-order valence-electron chi connectivity index (χ4n) is 3.26. The van der Waals surface area contributed by atoms with Gasteiger partial charge in [-0.25, -0.2) is 13.2 Å². The van der Waals surface area contributed by atoms with Gasteiger partial charge in [0.25, 0.3) is 0 Å². The molecule has 2 heterocycles. The van der Waals surface area contributed by atoms with E-state index in [0.29, 0.717) is 0 Å². The number of carbonyl (C=O) groups is 2. The van der Waals surface area contributed by atoms with Gasteiger partial charge in [0.15, 0.2) is 15.1 Å². The van der Waals surface area contributed by atoms with Gasteiger partial charge in [0.05, 0.1) is 5.25 Å². The average Bonchev–Trinajstić information content (AvgIpc) is 3.04. The van der Waals surface area contributed by atoms with E-state index >= 15 is 0 Å². The second-order valence-electron chi connectivity index (χ2n) is 5.90. The molecule has 2 saturated heterocycles. The van der Waals surface area contributed by atoms with E-state index in [1.807, 2.05) is 30.3 Å². The van der Waals surface area contributed by atoms with Crippen molar-refractivity contribution in [3.63, 3.8) is 0 Å². The smallest absolute Gasteiger partial charge is 0.410 e. The molecule has 124 valence electrons. The van der Waals surface area contributed by atoms with Crippen LogP contribution in [0.1, 0.15) is 12.0 Å². The van der Waals surface area contributed by atoms with Gasteiger partial charge >= 0.3 is 12.1 Å². The quantitative estimate of drug-likeness (QED) is 0.878. The van der Waals surface area contributed by atoms with Crippen LogP contribution in [0.3, 0.4) is 0 Å². The molecule has 3 rings (SSSR count).